The van der Waals surface area contributed by atoms with Gasteiger partial charge in [-0.2, -0.15) is 5.10 Å². The van der Waals surface area contributed by atoms with Gasteiger partial charge in [-0.3, -0.25) is 14.3 Å². The van der Waals surface area contributed by atoms with Gasteiger partial charge in [0.05, 0.1) is 11.4 Å². The maximum Gasteiger partial charge on any atom is 0.274 e. The van der Waals surface area contributed by atoms with Gasteiger partial charge in [0.25, 0.3) is 11.8 Å². The predicted molar refractivity (Wildman–Crippen MR) is 101 cm³/mol. The molecule has 0 aliphatic carbocycles. The topological polar surface area (TPSA) is 58.4 Å². The zero-order chi connectivity index (χ0) is 18.3. The number of likely N-dealkylation sites (tertiary alicyclic amines) is 1. The summed E-state index contributed by atoms with van der Waals surface area (Å²) in [6.07, 6.45) is 2.87. The number of aryl methyl sites for hydroxylation is 2. The highest BCUT2D eigenvalue weighted by Crippen LogP contribution is 2.27. The number of nitrogens with zero attached hydrogens (tertiary/aromatic N) is 4. The first kappa shape index (κ1) is 17.3. The van der Waals surface area contributed by atoms with E-state index in [4.69, 9.17) is 0 Å². The average Bonchev–Trinajstić information content (AvgIpc) is 3.39. The molecule has 0 spiro atoms. The van der Waals surface area contributed by atoms with Crippen LogP contribution in [0.4, 0.5) is 0 Å². The summed E-state index contributed by atoms with van der Waals surface area (Å²) in [4.78, 5) is 30.4. The molecule has 1 fully saturated rings. The summed E-state index contributed by atoms with van der Waals surface area (Å²) >= 11 is 1.49. The lowest BCUT2D eigenvalue weighted by molar-refractivity contribution is 0.0726. The zero-order valence-electron chi connectivity index (χ0n) is 15.3. The number of hydrogen-bond acceptors (Lipinski definition) is 4. The minimum atomic E-state index is 0.0209. The summed E-state index contributed by atoms with van der Waals surface area (Å²) < 4.78 is 1.94. The van der Waals surface area contributed by atoms with Crippen molar-refractivity contribution in [3.63, 3.8) is 0 Å². The van der Waals surface area contributed by atoms with Crippen LogP contribution in [0, 0.1) is 6.92 Å². The van der Waals surface area contributed by atoms with Gasteiger partial charge >= 0.3 is 0 Å². The van der Waals surface area contributed by atoms with E-state index in [1.165, 1.54) is 11.3 Å². The third-order valence-electron chi connectivity index (χ3n) is 5.37. The fourth-order valence-electron chi connectivity index (χ4n) is 3.90. The second-order valence-corrected chi connectivity index (χ2v) is 7.91. The van der Waals surface area contributed by atoms with Crippen LogP contribution < -0.4 is 0 Å². The summed E-state index contributed by atoms with van der Waals surface area (Å²) in [5, 5.41) is 6.57. The van der Waals surface area contributed by atoms with Crippen LogP contribution in [0.5, 0.6) is 0 Å². The van der Waals surface area contributed by atoms with Crippen LogP contribution in [-0.2, 0) is 19.5 Å². The number of carbonyl (C=O) groups is 2. The maximum atomic E-state index is 13.0. The first-order valence-corrected chi connectivity index (χ1v) is 10.2. The molecule has 4 rings (SSSR count). The van der Waals surface area contributed by atoms with Gasteiger partial charge in [-0.25, -0.2) is 0 Å². The molecule has 2 aromatic rings. The van der Waals surface area contributed by atoms with Gasteiger partial charge in [0.15, 0.2) is 5.69 Å². The van der Waals surface area contributed by atoms with E-state index in [1.807, 2.05) is 39.8 Å². The van der Waals surface area contributed by atoms with Crippen LogP contribution in [-0.4, -0.2) is 51.0 Å². The van der Waals surface area contributed by atoms with Crippen molar-refractivity contribution < 1.29 is 9.59 Å². The van der Waals surface area contributed by atoms with Gasteiger partial charge in [-0.1, -0.05) is 0 Å². The number of fused-ring (bicyclic) bond motifs is 1. The molecule has 0 unspecified atom stereocenters. The number of amides is 2. The fourth-order valence-corrected chi connectivity index (χ4v) is 4.80. The van der Waals surface area contributed by atoms with E-state index in [2.05, 4.69) is 5.10 Å². The highest BCUT2D eigenvalue weighted by molar-refractivity contribution is 7.12. The summed E-state index contributed by atoms with van der Waals surface area (Å²) in [5.41, 5.74) is 3.62. The molecule has 2 aliphatic rings. The molecule has 0 atom stereocenters. The van der Waals surface area contributed by atoms with Crippen molar-refractivity contribution >= 4 is 23.2 Å². The zero-order valence-corrected chi connectivity index (χ0v) is 16.1. The Balaban J connectivity index is 1.65. The Hall–Kier alpha value is -2.15. The second kappa shape index (κ2) is 6.87. The van der Waals surface area contributed by atoms with E-state index in [-0.39, 0.29) is 11.8 Å². The molecular weight excluding hydrogens is 348 g/mol. The largest absolute Gasteiger partial charge is 0.337 e. The SMILES string of the molecule is CCn1nc(C(=O)N2CCCC2)c2c1CCN(C(=O)c1sccc1C)C2. The molecule has 26 heavy (non-hydrogen) atoms. The highest BCUT2D eigenvalue weighted by atomic mass is 32.1. The standard InChI is InChI=1S/C19H24N4O2S/c1-3-23-15-6-10-22(19(25)17-13(2)7-11-26-17)12-14(15)16(20-23)18(24)21-8-4-5-9-21/h7,11H,3-6,8-10,12H2,1-2H3. The summed E-state index contributed by atoms with van der Waals surface area (Å²) in [5.74, 6) is 0.0829. The Morgan fingerprint density at radius 3 is 2.58 bits per heavy atom. The Labute approximate surface area is 157 Å². The maximum absolute atomic E-state index is 13.0. The van der Waals surface area contributed by atoms with Crippen LogP contribution >= 0.6 is 11.3 Å². The molecule has 2 amide bonds. The summed E-state index contributed by atoms with van der Waals surface area (Å²) in [6.45, 7) is 7.52. The van der Waals surface area contributed by atoms with Crippen molar-refractivity contribution in [2.24, 2.45) is 0 Å². The lowest BCUT2D eigenvalue weighted by Crippen LogP contribution is -2.37. The Morgan fingerprint density at radius 2 is 1.92 bits per heavy atom. The minimum Gasteiger partial charge on any atom is -0.337 e. The number of thiophene rings is 1. The number of rotatable bonds is 3. The lowest BCUT2D eigenvalue weighted by Gasteiger charge is -2.28. The van der Waals surface area contributed by atoms with E-state index in [1.54, 1.807) is 0 Å². The van der Waals surface area contributed by atoms with E-state index in [0.717, 1.165) is 60.6 Å². The van der Waals surface area contributed by atoms with Gasteiger partial charge in [-0.15, -0.1) is 11.3 Å². The van der Waals surface area contributed by atoms with Gasteiger partial charge in [0, 0.05) is 43.9 Å². The van der Waals surface area contributed by atoms with Gasteiger partial charge in [0.2, 0.25) is 0 Å². The number of hydrogen-bond donors (Lipinski definition) is 0. The molecular formula is C19H24N4O2S. The number of aromatic nitrogens is 2. The van der Waals surface area contributed by atoms with Crippen molar-refractivity contribution in [2.75, 3.05) is 19.6 Å². The van der Waals surface area contributed by atoms with Crippen molar-refractivity contribution in [2.45, 2.75) is 46.2 Å². The van der Waals surface area contributed by atoms with Crippen molar-refractivity contribution in [3.05, 3.63) is 38.8 Å². The smallest absolute Gasteiger partial charge is 0.274 e. The van der Waals surface area contributed by atoms with E-state index in [9.17, 15) is 9.59 Å². The molecule has 0 bridgehead atoms. The van der Waals surface area contributed by atoms with Crippen LogP contribution in [0.2, 0.25) is 0 Å². The van der Waals surface area contributed by atoms with Crippen LogP contribution in [0.15, 0.2) is 11.4 Å². The molecule has 0 aromatic carbocycles. The Morgan fingerprint density at radius 1 is 1.15 bits per heavy atom. The Bertz CT molecular complexity index is 848. The molecule has 6 nitrogen and oxygen atoms in total. The highest BCUT2D eigenvalue weighted by Gasteiger charge is 2.33. The van der Waals surface area contributed by atoms with Gasteiger partial charge in [-0.05, 0) is 43.7 Å². The Kier molecular flexibility index (Phi) is 4.56. The molecule has 2 aromatic heterocycles. The molecule has 7 heteroatoms. The van der Waals surface area contributed by atoms with Crippen molar-refractivity contribution in [1.29, 1.82) is 0 Å². The fraction of sp³-hybridized carbons (Fsp3) is 0.526. The third kappa shape index (κ3) is 2.84. The van der Waals surface area contributed by atoms with Crippen LogP contribution in [0.25, 0.3) is 0 Å². The summed E-state index contributed by atoms with van der Waals surface area (Å²) in [6, 6.07) is 1.98. The molecule has 0 radical (unpaired) electrons. The lowest BCUT2D eigenvalue weighted by atomic mass is 10.0. The first-order valence-electron chi connectivity index (χ1n) is 9.31. The van der Waals surface area contributed by atoms with Crippen LogP contribution in [0.1, 0.15) is 56.7 Å². The van der Waals surface area contributed by atoms with Crippen molar-refractivity contribution in [1.82, 2.24) is 19.6 Å². The first-order chi connectivity index (χ1) is 12.6. The monoisotopic (exact) mass is 372 g/mol. The second-order valence-electron chi connectivity index (χ2n) is 7.00. The molecule has 0 saturated carbocycles. The molecule has 0 N–H and O–H groups in total. The normalized spacial score (nSPS) is 16.8. The molecule has 4 heterocycles. The predicted octanol–water partition coefficient (Wildman–Crippen LogP) is 2.71. The van der Waals surface area contributed by atoms with E-state index >= 15 is 0 Å². The number of carbonyl (C=O) groups excluding carboxylic acids is 2. The summed E-state index contributed by atoms with van der Waals surface area (Å²) in [7, 11) is 0. The van der Waals surface area contributed by atoms with Gasteiger partial charge < -0.3 is 9.80 Å². The molecule has 1 saturated heterocycles. The molecule has 138 valence electrons. The van der Waals surface area contributed by atoms with E-state index < -0.39 is 0 Å². The van der Waals surface area contributed by atoms with Crippen molar-refractivity contribution in [3.8, 4) is 0 Å². The van der Waals surface area contributed by atoms with E-state index in [0.29, 0.717) is 18.8 Å². The van der Waals surface area contributed by atoms with Gasteiger partial charge in [0.1, 0.15) is 0 Å². The minimum absolute atomic E-state index is 0.0209. The quantitative estimate of drug-likeness (QED) is 0.832. The van der Waals surface area contributed by atoms with Crippen LogP contribution in [0.3, 0.4) is 0 Å². The molecule has 2 aliphatic heterocycles. The third-order valence-corrected chi connectivity index (χ3v) is 6.38. The average molecular weight is 372 g/mol.